The summed E-state index contributed by atoms with van der Waals surface area (Å²) in [6.45, 7) is 3.84. The van der Waals surface area contributed by atoms with Crippen molar-refractivity contribution in [3.8, 4) is 11.5 Å². The summed E-state index contributed by atoms with van der Waals surface area (Å²) in [5.41, 5.74) is 3.95. The largest absolute Gasteiger partial charge is 0.493 e. The predicted molar refractivity (Wildman–Crippen MR) is 130 cm³/mol. The fraction of sp³-hybridized carbons (Fsp3) is 0.154. The van der Waals surface area contributed by atoms with Gasteiger partial charge in [0, 0.05) is 10.7 Å². The van der Waals surface area contributed by atoms with Crippen molar-refractivity contribution in [2.45, 2.75) is 13.8 Å². The van der Waals surface area contributed by atoms with Crippen molar-refractivity contribution in [2.24, 2.45) is 0 Å². The molecule has 0 radical (unpaired) electrons. The van der Waals surface area contributed by atoms with Crippen molar-refractivity contribution < 1.29 is 19.1 Å². The molecule has 0 unspecified atom stereocenters. The second-order valence-corrected chi connectivity index (χ2v) is 8.10. The first-order valence-electron chi connectivity index (χ1n) is 10.3. The van der Waals surface area contributed by atoms with Gasteiger partial charge in [0.05, 0.1) is 25.5 Å². The third-order valence-corrected chi connectivity index (χ3v) is 5.90. The fourth-order valence-corrected chi connectivity index (χ4v) is 3.83. The van der Waals surface area contributed by atoms with Crippen LogP contribution in [0.25, 0.3) is 5.57 Å². The van der Waals surface area contributed by atoms with Crippen LogP contribution in [0, 0.1) is 13.8 Å². The molecule has 0 atom stereocenters. The molecule has 3 aromatic rings. The Morgan fingerprint density at radius 1 is 0.818 bits per heavy atom. The van der Waals surface area contributed by atoms with E-state index in [4.69, 9.17) is 21.1 Å². The molecule has 0 spiro atoms. The molecule has 7 heteroatoms. The Balaban J connectivity index is 1.85. The number of anilines is 2. The maximum atomic E-state index is 13.6. The van der Waals surface area contributed by atoms with E-state index < -0.39 is 11.8 Å². The van der Waals surface area contributed by atoms with Crippen molar-refractivity contribution in [3.05, 3.63) is 88.1 Å². The van der Waals surface area contributed by atoms with Crippen LogP contribution in [-0.2, 0) is 9.59 Å². The van der Waals surface area contributed by atoms with Crippen LogP contribution in [0.3, 0.4) is 0 Å². The molecule has 1 N–H and O–H groups in total. The molecule has 1 aliphatic rings. The van der Waals surface area contributed by atoms with Gasteiger partial charge in [0.1, 0.15) is 5.70 Å². The van der Waals surface area contributed by atoms with Crippen LogP contribution in [0.2, 0.25) is 5.02 Å². The van der Waals surface area contributed by atoms with Crippen LogP contribution in [0.4, 0.5) is 11.4 Å². The van der Waals surface area contributed by atoms with Gasteiger partial charge in [-0.15, -0.1) is 0 Å². The third-order valence-electron chi connectivity index (χ3n) is 5.49. The van der Waals surface area contributed by atoms with Gasteiger partial charge in [-0.05, 0) is 61.4 Å². The Morgan fingerprint density at radius 2 is 1.52 bits per heavy atom. The molecular formula is C26H23ClN2O4. The van der Waals surface area contributed by atoms with E-state index >= 15 is 0 Å². The summed E-state index contributed by atoms with van der Waals surface area (Å²) in [4.78, 5) is 28.3. The smallest absolute Gasteiger partial charge is 0.282 e. The molecule has 0 aromatic heterocycles. The molecule has 0 bridgehead atoms. The Kier molecular flexibility index (Phi) is 6.11. The van der Waals surface area contributed by atoms with Gasteiger partial charge in [-0.2, -0.15) is 0 Å². The van der Waals surface area contributed by atoms with Crippen molar-refractivity contribution in [1.82, 2.24) is 0 Å². The van der Waals surface area contributed by atoms with Gasteiger partial charge in [0.25, 0.3) is 11.8 Å². The number of methoxy groups -OCH3 is 2. The summed E-state index contributed by atoms with van der Waals surface area (Å²) in [6.07, 6.45) is 0. The van der Waals surface area contributed by atoms with E-state index in [2.05, 4.69) is 5.32 Å². The Morgan fingerprint density at radius 3 is 2.15 bits per heavy atom. The quantitative estimate of drug-likeness (QED) is 0.499. The first kappa shape index (κ1) is 22.4. The highest BCUT2D eigenvalue weighted by molar-refractivity contribution is 6.46. The highest BCUT2D eigenvalue weighted by Crippen LogP contribution is 2.37. The van der Waals surface area contributed by atoms with E-state index in [9.17, 15) is 9.59 Å². The molecule has 0 saturated heterocycles. The minimum atomic E-state index is -0.453. The number of nitrogens with one attached hydrogen (secondary N) is 1. The average Bonchev–Trinajstić information content (AvgIpc) is 3.05. The number of carbonyl (C=O) groups is 2. The van der Waals surface area contributed by atoms with Gasteiger partial charge in [-0.3, -0.25) is 9.59 Å². The lowest BCUT2D eigenvalue weighted by Crippen LogP contribution is -2.32. The lowest BCUT2D eigenvalue weighted by molar-refractivity contribution is -0.120. The first-order chi connectivity index (χ1) is 15.8. The van der Waals surface area contributed by atoms with Crippen LogP contribution < -0.4 is 19.7 Å². The molecule has 0 saturated carbocycles. The van der Waals surface area contributed by atoms with E-state index in [1.807, 2.05) is 38.1 Å². The number of hydrogen-bond acceptors (Lipinski definition) is 5. The predicted octanol–water partition coefficient (Wildman–Crippen LogP) is 5.37. The van der Waals surface area contributed by atoms with Crippen molar-refractivity contribution >= 4 is 40.4 Å². The first-order valence-corrected chi connectivity index (χ1v) is 10.7. The van der Waals surface area contributed by atoms with Crippen LogP contribution in [0.5, 0.6) is 11.5 Å². The Hall–Kier alpha value is -3.77. The SMILES string of the molecule is COc1ccc(C2=C(Nc3ccc(C)c(Cl)c3)C(=O)N(c3ccc(C)cc3)C2=O)cc1OC. The summed E-state index contributed by atoms with van der Waals surface area (Å²) >= 11 is 6.28. The highest BCUT2D eigenvalue weighted by atomic mass is 35.5. The highest BCUT2D eigenvalue weighted by Gasteiger charge is 2.40. The van der Waals surface area contributed by atoms with Gasteiger partial charge in [-0.1, -0.05) is 41.4 Å². The zero-order chi connectivity index (χ0) is 23.7. The van der Waals surface area contributed by atoms with Gasteiger partial charge in [0.15, 0.2) is 11.5 Å². The number of rotatable bonds is 6. The topological polar surface area (TPSA) is 67.9 Å². The Labute approximate surface area is 197 Å². The van der Waals surface area contributed by atoms with Gasteiger partial charge >= 0.3 is 0 Å². The molecule has 1 aliphatic heterocycles. The molecule has 0 fully saturated rings. The maximum absolute atomic E-state index is 13.6. The number of carbonyl (C=O) groups excluding carboxylic acids is 2. The molecule has 2 amide bonds. The van der Waals surface area contributed by atoms with Crippen molar-refractivity contribution in [1.29, 1.82) is 0 Å². The minimum absolute atomic E-state index is 0.160. The lowest BCUT2D eigenvalue weighted by Gasteiger charge is -2.16. The summed E-state index contributed by atoms with van der Waals surface area (Å²) < 4.78 is 10.7. The van der Waals surface area contributed by atoms with Crippen LogP contribution in [-0.4, -0.2) is 26.0 Å². The van der Waals surface area contributed by atoms with E-state index in [-0.39, 0.29) is 11.3 Å². The number of benzene rings is 3. The van der Waals surface area contributed by atoms with Gasteiger partial charge < -0.3 is 14.8 Å². The number of aryl methyl sites for hydroxylation is 2. The molecule has 6 nitrogen and oxygen atoms in total. The number of amides is 2. The number of nitrogens with zero attached hydrogens (tertiary/aromatic N) is 1. The van der Waals surface area contributed by atoms with Gasteiger partial charge in [-0.25, -0.2) is 4.90 Å². The molecule has 168 valence electrons. The normalized spacial score (nSPS) is 13.5. The van der Waals surface area contributed by atoms with E-state index in [1.54, 1.807) is 36.4 Å². The standard InChI is InChI=1S/C26H23ClN2O4/c1-15-5-10-19(11-6-15)29-25(30)23(17-8-12-21(32-3)22(13-17)33-4)24(26(29)31)28-18-9-7-16(2)20(27)14-18/h5-14,28H,1-4H3. The number of halogens is 1. The van der Waals surface area contributed by atoms with Crippen molar-refractivity contribution in [3.63, 3.8) is 0 Å². The summed E-state index contributed by atoms with van der Waals surface area (Å²) in [5.74, 6) is 0.0882. The molecule has 3 aromatic carbocycles. The number of hydrogen-bond donors (Lipinski definition) is 1. The molecule has 4 rings (SSSR count). The average molecular weight is 463 g/mol. The summed E-state index contributed by atoms with van der Waals surface area (Å²) in [7, 11) is 3.05. The zero-order valence-electron chi connectivity index (χ0n) is 18.7. The maximum Gasteiger partial charge on any atom is 0.282 e. The van der Waals surface area contributed by atoms with E-state index in [0.29, 0.717) is 33.5 Å². The summed E-state index contributed by atoms with van der Waals surface area (Å²) in [5, 5.41) is 3.68. The molecule has 1 heterocycles. The van der Waals surface area contributed by atoms with E-state index in [0.717, 1.165) is 11.1 Å². The van der Waals surface area contributed by atoms with Gasteiger partial charge in [0.2, 0.25) is 0 Å². The van der Waals surface area contributed by atoms with Crippen LogP contribution in [0.1, 0.15) is 16.7 Å². The van der Waals surface area contributed by atoms with E-state index in [1.165, 1.54) is 19.1 Å². The molecule has 33 heavy (non-hydrogen) atoms. The molecular weight excluding hydrogens is 440 g/mol. The lowest BCUT2D eigenvalue weighted by atomic mass is 10.0. The number of ether oxygens (including phenoxy) is 2. The monoisotopic (exact) mass is 462 g/mol. The van der Waals surface area contributed by atoms with Crippen LogP contribution >= 0.6 is 11.6 Å². The second kappa shape index (κ2) is 9.00. The third kappa shape index (κ3) is 4.17. The van der Waals surface area contributed by atoms with Crippen LogP contribution in [0.15, 0.2) is 66.4 Å². The minimum Gasteiger partial charge on any atom is -0.493 e. The second-order valence-electron chi connectivity index (χ2n) is 7.69. The molecule has 0 aliphatic carbocycles. The number of imide groups is 1. The van der Waals surface area contributed by atoms with Crippen molar-refractivity contribution in [2.75, 3.05) is 24.4 Å². The zero-order valence-corrected chi connectivity index (χ0v) is 19.5. The fourth-order valence-electron chi connectivity index (χ4n) is 3.65. The Bertz CT molecular complexity index is 1280. The summed E-state index contributed by atoms with van der Waals surface area (Å²) in [6, 6.07) is 17.7.